The second-order valence-electron chi connectivity index (χ2n) is 12.0. The molecule has 40 heavy (non-hydrogen) atoms. The summed E-state index contributed by atoms with van der Waals surface area (Å²) < 4.78 is 6.92. The maximum Gasteiger partial charge on any atom is 0.349 e. The van der Waals surface area contributed by atoms with Gasteiger partial charge in [-0.2, -0.15) is 10.2 Å². The molecule has 0 amide bonds. The molecule has 210 valence electrons. The number of likely N-dealkylation sites (tertiary alicyclic amines) is 1. The molecule has 2 aromatic heterocycles. The van der Waals surface area contributed by atoms with Crippen LogP contribution in [0, 0.1) is 16.7 Å². The second-order valence-corrected chi connectivity index (χ2v) is 12.0. The third-order valence-electron chi connectivity index (χ3n) is 9.30. The topological polar surface area (TPSA) is 90.5 Å². The average Bonchev–Trinajstić information content (AvgIpc) is 2.94. The molecule has 0 bridgehead atoms. The standard InChI is InChI=1S/C31H39N7O2/c1-5-25-16-38(29-28-27(35(4)30(39)34-29)12-11-24(13-32)33-28)26(6-2)15-37(25)21(3)23-9-7-22(8-10-23)14-36-17-31(18-36)19-40-20-31/h7-12,21,25-26H,5-6,14-20H2,1-4H3/t21?,25-,26+/m1/s1. The molecule has 0 radical (unpaired) electrons. The van der Waals surface area contributed by atoms with Crippen LogP contribution in [-0.2, 0) is 18.3 Å². The van der Waals surface area contributed by atoms with Crippen molar-refractivity contribution in [2.45, 2.75) is 58.3 Å². The molecule has 3 fully saturated rings. The maximum atomic E-state index is 12.8. The summed E-state index contributed by atoms with van der Waals surface area (Å²) in [4.78, 5) is 29.3. The van der Waals surface area contributed by atoms with Crippen molar-refractivity contribution >= 4 is 16.9 Å². The number of aryl methyl sites for hydroxylation is 1. The van der Waals surface area contributed by atoms with Gasteiger partial charge in [-0.3, -0.25) is 14.4 Å². The summed E-state index contributed by atoms with van der Waals surface area (Å²) in [6.45, 7) is 13.5. The van der Waals surface area contributed by atoms with E-state index in [2.05, 4.69) is 75.8 Å². The van der Waals surface area contributed by atoms with Gasteiger partial charge in [0.15, 0.2) is 5.82 Å². The fraction of sp³-hybridized carbons (Fsp3) is 0.548. The quantitative estimate of drug-likeness (QED) is 0.449. The summed E-state index contributed by atoms with van der Waals surface area (Å²) in [7, 11) is 1.70. The van der Waals surface area contributed by atoms with Crippen LogP contribution in [0.15, 0.2) is 41.2 Å². The molecular formula is C31H39N7O2. The molecule has 5 heterocycles. The SMILES string of the molecule is CC[C@H]1CN(C(C)c2ccc(CN3CC4(COC4)C3)cc2)[C@H](CC)CN1c1nc(=O)n(C)c2ccc(C#N)nc12. The van der Waals surface area contributed by atoms with Gasteiger partial charge in [-0.05, 0) is 43.0 Å². The van der Waals surface area contributed by atoms with Crippen molar-refractivity contribution in [3.8, 4) is 6.07 Å². The minimum absolute atomic E-state index is 0.175. The molecule has 0 aliphatic carbocycles. The molecule has 9 heteroatoms. The first kappa shape index (κ1) is 26.9. The Morgan fingerprint density at radius 2 is 1.77 bits per heavy atom. The minimum atomic E-state index is -0.304. The van der Waals surface area contributed by atoms with Gasteiger partial charge >= 0.3 is 5.69 Å². The van der Waals surface area contributed by atoms with Crippen LogP contribution in [0.4, 0.5) is 5.82 Å². The largest absolute Gasteiger partial charge is 0.380 e. The van der Waals surface area contributed by atoms with E-state index in [9.17, 15) is 10.1 Å². The number of rotatable bonds is 7. The number of pyridine rings is 1. The number of nitriles is 1. The van der Waals surface area contributed by atoms with Gasteiger partial charge in [0.2, 0.25) is 0 Å². The van der Waals surface area contributed by atoms with E-state index in [0.717, 1.165) is 58.8 Å². The molecule has 9 nitrogen and oxygen atoms in total. The van der Waals surface area contributed by atoms with Gasteiger partial charge in [-0.15, -0.1) is 0 Å². The van der Waals surface area contributed by atoms with Gasteiger partial charge in [0.1, 0.15) is 17.3 Å². The maximum absolute atomic E-state index is 12.8. The number of hydrogen-bond donors (Lipinski definition) is 0. The van der Waals surface area contributed by atoms with Gasteiger partial charge in [0.25, 0.3) is 0 Å². The molecule has 3 atom stereocenters. The number of nitrogens with zero attached hydrogens (tertiary/aromatic N) is 7. The lowest BCUT2D eigenvalue weighted by molar-refractivity contribution is -0.191. The van der Waals surface area contributed by atoms with E-state index in [4.69, 9.17) is 4.74 Å². The van der Waals surface area contributed by atoms with E-state index in [1.807, 2.05) is 0 Å². The predicted octanol–water partition coefficient (Wildman–Crippen LogP) is 3.47. The van der Waals surface area contributed by atoms with Crippen molar-refractivity contribution in [1.82, 2.24) is 24.3 Å². The summed E-state index contributed by atoms with van der Waals surface area (Å²) in [5, 5.41) is 9.48. The first-order chi connectivity index (χ1) is 19.3. The summed E-state index contributed by atoms with van der Waals surface area (Å²) in [5.41, 5.74) is 4.48. The number of fused-ring (bicyclic) bond motifs is 1. The monoisotopic (exact) mass is 541 g/mol. The van der Waals surface area contributed by atoms with E-state index >= 15 is 0 Å². The third-order valence-corrected chi connectivity index (χ3v) is 9.30. The lowest BCUT2D eigenvalue weighted by Gasteiger charge is -2.55. The highest BCUT2D eigenvalue weighted by molar-refractivity contribution is 5.86. The molecule has 1 unspecified atom stereocenters. The van der Waals surface area contributed by atoms with Crippen LogP contribution in [0.5, 0.6) is 0 Å². The lowest BCUT2D eigenvalue weighted by Crippen LogP contribution is -2.65. The van der Waals surface area contributed by atoms with Crippen molar-refractivity contribution in [1.29, 1.82) is 5.26 Å². The van der Waals surface area contributed by atoms with Crippen LogP contribution >= 0.6 is 0 Å². The summed E-state index contributed by atoms with van der Waals surface area (Å²) >= 11 is 0. The molecule has 3 aliphatic rings. The number of anilines is 1. The van der Waals surface area contributed by atoms with Crippen LogP contribution in [-0.4, -0.2) is 75.8 Å². The Morgan fingerprint density at radius 3 is 2.40 bits per heavy atom. The molecule has 0 saturated carbocycles. The first-order valence-corrected chi connectivity index (χ1v) is 14.5. The van der Waals surface area contributed by atoms with Crippen molar-refractivity contribution in [3.63, 3.8) is 0 Å². The number of ether oxygens (including phenoxy) is 1. The van der Waals surface area contributed by atoms with Gasteiger partial charge in [0, 0.05) is 63.3 Å². The van der Waals surface area contributed by atoms with Gasteiger partial charge in [-0.25, -0.2) is 9.78 Å². The van der Waals surface area contributed by atoms with E-state index in [-0.39, 0.29) is 17.8 Å². The molecule has 0 N–H and O–H groups in total. The molecule has 3 aromatic rings. The summed E-state index contributed by atoms with van der Waals surface area (Å²) in [5.74, 6) is 0.596. The molecule has 1 aromatic carbocycles. The summed E-state index contributed by atoms with van der Waals surface area (Å²) in [6, 6.07) is 15.5. The average molecular weight is 542 g/mol. The number of benzene rings is 1. The first-order valence-electron chi connectivity index (χ1n) is 14.5. The predicted molar refractivity (Wildman–Crippen MR) is 155 cm³/mol. The molecule has 6 rings (SSSR count). The van der Waals surface area contributed by atoms with E-state index in [1.54, 1.807) is 19.2 Å². The zero-order valence-electron chi connectivity index (χ0n) is 24.0. The van der Waals surface area contributed by atoms with Crippen LogP contribution in [0.25, 0.3) is 11.0 Å². The van der Waals surface area contributed by atoms with Gasteiger partial charge in [-0.1, -0.05) is 38.1 Å². The molecule has 3 saturated heterocycles. The third kappa shape index (κ3) is 4.68. The highest BCUT2D eigenvalue weighted by Crippen LogP contribution is 2.38. The second kappa shape index (κ2) is 10.6. The Hall–Kier alpha value is -3.32. The number of hydrogen-bond acceptors (Lipinski definition) is 8. The Bertz CT molecular complexity index is 1480. The smallest absolute Gasteiger partial charge is 0.349 e. The van der Waals surface area contributed by atoms with Crippen LogP contribution in [0.3, 0.4) is 0 Å². The van der Waals surface area contributed by atoms with Crippen molar-refractivity contribution in [3.05, 3.63) is 63.7 Å². The summed E-state index contributed by atoms with van der Waals surface area (Å²) in [6.07, 6.45) is 1.90. The van der Waals surface area contributed by atoms with Crippen molar-refractivity contribution < 1.29 is 4.74 Å². The fourth-order valence-corrected chi connectivity index (χ4v) is 6.83. The number of piperazine rings is 1. The van der Waals surface area contributed by atoms with Crippen LogP contribution in [0.1, 0.15) is 56.5 Å². The highest BCUT2D eigenvalue weighted by atomic mass is 16.5. The highest BCUT2D eigenvalue weighted by Gasteiger charge is 2.48. The Kier molecular flexibility index (Phi) is 7.11. The fourth-order valence-electron chi connectivity index (χ4n) is 6.83. The zero-order chi connectivity index (χ0) is 28.0. The Morgan fingerprint density at radius 1 is 1.05 bits per heavy atom. The van der Waals surface area contributed by atoms with Crippen LogP contribution in [0.2, 0.25) is 0 Å². The Labute approximate surface area is 236 Å². The molecule has 3 aliphatic heterocycles. The van der Waals surface area contributed by atoms with Gasteiger partial charge in [0.05, 0.1) is 18.7 Å². The molecule has 1 spiro atoms. The number of aromatic nitrogens is 3. The lowest BCUT2D eigenvalue weighted by atomic mass is 9.78. The van der Waals surface area contributed by atoms with Crippen LogP contribution < -0.4 is 10.6 Å². The normalized spacial score (nSPS) is 23.5. The van der Waals surface area contributed by atoms with E-state index in [0.29, 0.717) is 34.0 Å². The zero-order valence-corrected chi connectivity index (χ0v) is 24.0. The van der Waals surface area contributed by atoms with E-state index < -0.39 is 0 Å². The minimum Gasteiger partial charge on any atom is -0.380 e. The Balaban J connectivity index is 1.22. The van der Waals surface area contributed by atoms with Crippen molar-refractivity contribution in [2.24, 2.45) is 12.5 Å². The van der Waals surface area contributed by atoms with Crippen molar-refractivity contribution in [2.75, 3.05) is 44.3 Å². The van der Waals surface area contributed by atoms with Gasteiger partial charge < -0.3 is 9.64 Å². The molecular weight excluding hydrogens is 502 g/mol. The van der Waals surface area contributed by atoms with E-state index in [1.165, 1.54) is 15.7 Å².